The van der Waals surface area contributed by atoms with Gasteiger partial charge in [-0.3, -0.25) is 4.21 Å². The van der Waals surface area contributed by atoms with Crippen molar-refractivity contribution in [1.29, 1.82) is 0 Å². The van der Waals surface area contributed by atoms with E-state index >= 15 is 0 Å². The highest BCUT2D eigenvalue weighted by Crippen LogP contribution is 2.65. The first-order valence-corrected chi connectivity index (χ1v) is 10.1. The summed E-state index contributed by atoms with van der Waals surface area (Å²) in [6.07, 6.45) is 4.15. The second-order valence-electron chi connectivity index (χ2n) is 8.21. The monoisotopic (exact) mass is 348 g/mol. The lowest BCUT2D eigenvalue weighted by Gasteiger charge is -2.40. The lowest BCUT2D eigenvalue weighted by Crippen LogP contribution is -2.43. The van der Waals surface area contributed by atoms with E-state index in [4.69, 9.17) is 0 Å². The number of fused-ring (bicyclic) bond motifs is 2. The number of hydrogen-bond acceptors (Lipinski definition) is 3. The molecule has 1 aromatic rings. The summed E-state index contributed by atoms with van der Waals surface area (Å²) in [5, 5.41) is 22.8. The number of aliphatic hydroxyl groups is 2. The lowest BCUT2D eigenvalue weighted by molar-refractivity contribution is 0.0162. The van der Waals surface area contributed by atoms with Gasteiger partial charge in [0.1, 0.15) is 5.60 Å². The van der Waals surface area contributed by atoms with Crippen molar-refractivity contribution in [1.82, 2.24) is 0 Å². The molecular weight excluding hydrogens is 320 g/mol. The highest BCUT2D eigenvalue weighted by molar-refractivity contribution is 7.88. The molecule has 0 heterocycles. The predicted octanol–water partition coefficient (Wildman–Crippen LogP) is 3.34. The largest absolute Gasteiger partial charge is 0.392 e. The molecular formula is C20H28O3S. The van der Waals surface area contributed by atoms with Crippen LogP contribution < -0.4 is 0 Å². The molecule has 2 fully saturated rings. The van der Waals surface area contributed by atoms with Crippen LogP contribution in [0.5, 0.6) is 0 Å². The highest BCUT2D eigenvalue weighted by Gasteiger charge is 2.63. The van der Waals surface area contributed by atoms with E-state index < -0.39 is 16.4 Å². The minimum atomic E-state index is -1.21. The number of aliphatic hydroxyl groups excluding tert-OH is 1. The van der Waals surface area contributed by atoms with Crippen molar-refractivity contribution in [3.63, 3.8) is 0 Å². The van der Waals surface area contributed by atoms with Crippen molar-refractivity contribution in [2.75, 3.05) is 5.75 Å². The summed E-state index contributed by atoms with van der Waals surface area (Å²) >= 11 is 0. The van der Waals surface area contributed by atoms with Gasteiger partial charge in [0.2, 0.25) is 0 Å². The zero-order chi connectivity index (χ0) is 17.6. The Kier molecular flexibility index (Phi) is 4.52. The normalized spacial score (nSPS) is 35.2. The molecule has 2 N–H and O–H groups in total. The molecule has 2 saturated carbocycles. The molecule has 0 spiro atoms. The Hall–Kier alpha value is -0.970. The first kappa shape index (κ1) is 17.8. The Morgan fingerprint density at radius 1 is 1.33 bits per heavy atom. The third-order valence-corrected chi connectivity index (χ3v) is 7.93. The van der Waals surface area contributed by atoms with E-state index in [-0.39, 0.29) is 16.9 Å². The van der Waals surface area contributed by atoms with Crippen molar-refractivity contribution < 1.29 is 14.4 Å². The minimum Gasteiger partial charge on any atom is -0.392 e. The van der Waals surface area contributed by atoms with Crippen molar-refractivity contribution in [3.05, 3.63) is 47.4 Å². The minimum absolute atomic E-state index is 0.0257. The molecule has 0 saturated heterocycles. The first-order valence-electron chi connectivity index (χ1n) is 8.71. The van der Waals surface area contributed by atoms with Gasteiger partial charge < -0.3 is 10.2 Å². The van der Waals surface area contributed by atoms with Crippen LogP contribution in [0.2, 0.25) is 0 Å². The summed E-state index contributed by atoms with van der Waals surface area (Å²) in [5.74, 6) is 1.000. The van der Waals surface area contributed by atoms with Crippen LogP contribution in [0, 0.1) is 16.7 Å². The van der Waals surface area contributed by atoms with Crippen LogP contribution >= 0.6 is 0 Å². The van der Waals surface area contributed by atoms with Gasteiger partial charge in [0.25, 0.3) is 0 Å². The zero-order valence-corrected chi connectivity index (χ0v) is 15.6. The summed E-state index contributed by atoms with van der Waals surface area (Å²) in [6.45, 7) is 6.12. The fraction of sp³-hybridized carbons (Fsp3) is 0.600. The van der Waals surface area contributed by atoms with Crippen LogP contribution in [0.4, 0.5) is 0 Å². The standard InChI is InChI=1S/C20H28O3S/c1-18(2)16-9-10-20(18,17(21)13-16)14-24(23)12-11-19(3,22)15-7-5-4-6-8-15/h4-8,11-12,16-17,21-22H,9-10,13-14H2,1-3H3/b12-11+/t16-,17-,19+,20-,24+/m1/s1. The van der Waals surface area contributed by atoms with E-state index in [0.717, 1.165) is 24.8 Å². The van der Waals surface area contributed by atoms with Gasteiger partial charge >= 0.3 is 0 Å². The fourth-order valence-corrected chi connectivity index (χ4v) is 6.49. The van der Waals surface area contributed by atoms with Crippen LogP contribution in [-0.2, 0) is 16.4 Å². The van der Waals surface area contributed by atoms with Gasteiger partial charge in [0.15, 0.2) is 0 Å². The van der Waals surface area contributed by atoms with Crippen molar-refractivity contribution in [3.8, 4) is 0 Å². The molecule has 132 valence electrons. The van der Waals surface area contributed by atoms with E-state index in [2.05, 4.69) is 13.8 Å². The average molecular weight is 349 g/mol. The summed E-state index contributed by atoms with van der Waals surface area (Å²) in [6, 6.07) is 9.38. The SMILES string of the molecule is CC1(C)[C@@H]2CC[C@@]1(C[S@@](=O)/C=C/[C@](C)(O)c1ccccc1)[C@H](O)C2. The van der Waals surface area contributed by atoms with Gasteiger partial charge in [-0.05, 0) is 49.2 Å². The van der Waals surface area contributed by atoms with Gasteiger partial charge in [-0.2, -0.15) is 0 Å². The maximum Gasteiger partial charge on any atom is 0.106 e. The van der Waals surface area contributed by atoms with Crippen LogP contribution in [0.15, 0.2) is 41.8 Å². The van der Waals surface area contributed by atoms with Crippen molar-refractivity contribution in [2.24, 2.45) is 16.7 Å². The van der Waals surface area contributed by atoms with Crippen LogP contribution in [0.1, 0.15) is 45.6 Å². The third kappa shape index (κ3) is 2.79. The Labute approximate surface area is 147 Å². The molecule has 0 unspecified atom stereocenters. The topological polar surface area (TPSA) is 57.5 Å². The first-order chi connectivity index (χ1) is 11.2. The van der Waals surface area contributed by atoms with E-state index in [1.807, 2.05) is 30.3 Å². The molecule has 0 aromatic heterocycles. The second-order valence-corrected chi connectivity index (χ2v) is 9.53. The van der Waals surface area contributed by atoms with Crippen LogP contribution in [-0.4, -0.2) is 26.3 Å². The number of rotatable bonds is 5. The summed E-state index contributed by atoms with van der Waals surface area (Å²) in [5.41, 5.74) is -0.599. The lowest BCUT2D eigenvalue weighted by atomic mass is 9.70. The van der Waals surface area contributed by atoms with E-state index in [1.54, 1.807) is 18.4 Å². The van der Waals surface area contributed by atoms with Gasteiger partial charge in [-0.1, -0.05) is 44.2 Å². The maximum absolute atomic E-state index is 12.7. The van der Waals surface area contributed by atoms with E-state index in [9.17, 15) is 14.4 Å². The van der Waals surface area contributed by atoms with Crippen LogP contribution in [0.3, 0.4) is 0 Å². The van der Waals surface area contributed by atoms with Crippen molar-refractivity contribution >= 4 is 10.8 Å². The molecule has 3 rings (SSSR count). The number of hydrogen-bond donors (Lipinski definition) is 2. The Bertz CT molecular complexity index is 650. The third-order valence-electron chi connectivity index (χ3n) is 6.69. The molecule has 3 nitrogen and oxygen atoms in total. The second kappa shape index (κ2) is 6.08. The van der Waals surface area contributed by atoms with Gasteiger partial charge in [-0.15, -0.1) is 0 Å². The Morgan fingerprint density at radius 2 is 2.00 bits per heavy atom. The Balaban J connectivity index is 1.74. The average Bonchev–Trinajstić information content (AvgIpc) is 2.88. The molecule has 2 aliphatic carbocycles. The summed E-state index contributed by atoms with van der Waals surface area (Å²) in [4.78, 5) is 0. The van der Waals surface area contributed by atoms with Gasteiger partial charge in [-0.25, -0.2) is 0 Å². The molecule has 24 heavy (non-hydrogen) atoms. The van der Waals surface area contributed by atoms with Gasteiger partial charge in [0, 0.05) is 27.4 Å². The zero-order valence-electron chi connectivity index (χ0n) is 14.7. The Morgan fingerprint density at radius 3 is 2.54 bits per heavy atom. The quantitative estimate of drug-likeness (QED) is 0.858. The van der Waals surface area contributed by atoms with Crippen LogP contribution in [0.25, 0.3) is 0 Å². The van der Waals surface area contributed by atoms with E-state index in [0.29, 0.717) is 11.7 Å². The molecule has 0 amide bonds. The summed E-state index contributed by atoms with van der Waals surface area (Å²) < 4.78 is 12.7. The molecule has 0 aliphatic heterocycles. The highest BCUT2D eigenvalue weighted by atomic mass is 32.2. The molecule has 2 aliphatic rings. The van der Waals surface area contributed by atoms with E-state index in [1.165, 1.54) is 0 Å². The molecule has 4 heteroatoms. The molecule has 1 aromatic carbocycles. The van der Waals surface area contributed by atoms with Crippen molar-refractivity contribution in [2.45, 2.75) is 51.7 Å². The molecule has 5 atom stereocenters. The predicted molar refractivity (Wildman–Crippen MR) is 97.7 cm³/mol. The fourth-order valence-electron chi connectivity index (χ4n) is 4.76. The smallest absolute Gasteiger partial charge is 0.106 e. The molecule has 0 radical (unpaired) electrons. The maximum atomic E-state index is 12.7. The summed E-state index contributed by atoms with van der Waals surface area (Å²) in [7, 11) is -1.21. The van der Waals surface area contributed by atoms with Gasteiger partial charge in [0.05, 0.1) is 6.10 Å². The number of benzene rings is 1. The molecule has 2 bridgehead atoms.